The summed E-state index contributed by atoms with van der Waals surface area (Å²) in [6.45, 7) is 6.35. The lowest BCUT2D eigenvalue weighted by Gasteiger charge is -2.03. The van der Waals surface area contributed by atoms with E-state index in [0.717, 1.165) is 28.7 Å². The third kappa shape index (κ3) is 3.01. The van der Waals surface area contributed by atoms with E-state index in [4.69, 9.17) is 0 Å². The van der Waals surface area contributed by atoms with Gasteiger partial charge in [-0.15, -0.1) is 21.5 Å². The van der Waals surface area contributed by atoms with E-state index in [9.17, 15) is 0 Å². The average molecular weight is 268 g/mol. The summed E-state index contributed by atoms with van der Waals surface area (Å²) in [5.41, 5.74) is 3.03. The molecule has 2 aromatic heterocycles. The van der Waals surface area contributed by atoms with Crippen LogP contribution < -0.4 is 5.32 Å². The quantitative estimate of drug-likeness (QED) is 0.902. The number of aryl methyl sites for hydroxylation is 1. The predicted molar refractivity (Wildman–Crippen MR) is 73.8 cm³/mol. The summed E-state index contributed by atoms with van der Waals surface area (Å²) in [4.78, 5) is 5.56. The normalized spacial score (nSPS) is 11.1. The van der Waals surface area contributed by atoms with Crippen LogP contribution in [0.25, 0.3) is 9.88 Å². The second-order valence-corrected chi connectivity index (χ2v) is 5.92. The Hall–Kier alpha value is -1.01. The Morgan fingerprint density at radius 3 is 2.88 bits per heavy atom. The SMILES string of the molecule is CCCc1ncsc1-c1nnc(NC(C)C)s1. The molecule has 0 aliphatic heterocycles. The van der Waals surface area contributed by atoms with Crippen molar-refractivity contribution in [3.8, 4) is 9.88 Å². The molecule has 92 valence electrons. The molecule has 0 amide bonds. The summed E-state index contributed by atoms with van der Waals surface area (Å²) in [6.07, 6.45) is 2.11. The van der Waals surface area contributed by atoms with Crippen LogP contribution >= 0.6 is 22.7 Å². The molecule has 0 spiro atoms. The highest BCUT2D eigenvalue weighted by atomic mass is 32.1. The molecule has 0 aliphatic carbocycles. The highest BCUT2D eigenvalue weighted by Crippen LogP contribution is 2.32. The van der Waals surface area contributed by atoms with Gasteiger partial charge in [-0.25, -0.2) is 4.98 Å². The van der Waals surface area contributed by atoms with Crippen molar-refractivity contribution in [3.05, 3.63) is 11.2 Å². The number of nitrogens with one attached hydrogen (secondary N) is 1. The smallest absolute Gasteiger partial charge is 0.206 e. The number of rotatable bonds is 5. The van der Waals surface area contributed by atoms with E-state index < -0.39 is 0 Å². The zero-order valence-corrected chi connectivity index (χ0v) is 11.9. The maximum Gasteiger partial charge on any atom is 0.206 e. The minimum Gasteiger partial charge on any atom is -0.358 e. The van der Waals surface area contributed by atoms with Gasteiger partial charge in [-0.2, -0.15) is 0 Å². The fourth-order valence-corrected chi connectivity index (χ4v) is 3.32. The van der Waals surface area contributed by atoms with E-state index in [-0.39, 0.29) is 0 Å². The maximum atomic E-state index is 4.39. The highest BCUT2D eigenvalue weighted by molar-refractivity contribution is 7.22. The van der Waals surface area contributed by atoms with Gasteiger partial charge in [-0.3, -0.25) is 0 Å². The second-order valence-electron chi connectivity index (χ2n) is 4.09. The van der Waals surface area contributed by atoms with Crippen molar-refractivity contribution in [1.29, 1.82) is 0 Å². The van der Waals surface area contributed by atoms with Gasteiger partial charge in [0.1, 0.15) is 0 Å². The van der Waals surface area contributed by atoms with Crippen molar-refractivity contribution in [2.24, 2.45) is 0 Å². The summed E-state index contributed by atoms with van der Waals surface area (Å²) in [5.74, 6) is 0. The lowest BCUT2D eigenvalue weighted by molar-refractivity contribution is 0.886. The third-order valence-electron chi connectivity index (χ3n) is 2.16. The zero-order valence-electron chi connectivity index (χ0n) is 10.2. The zero-order chi connectivity index (χ0) is 12.3. The molecule has 17 heavy (non-hydrogen) atoms. The molecule has 0 fully saturated rings. The molecule has 0 saturated heterocycles. The van der Waals surface area contributed by atoms with Gasteiger partial charge in [0, 0.05) is 6.04 Å². The second kappa shape index (κ2) is 5.55. The van der Waals surface area contributed by atoms with Crippen molar-refractivity contribution in [3.63, 3.8) is 0 Å². The van der Waals surface area contributed by atoms with Crippen LogP contribution in [0.1, 0.15) is 32.9 Å². The first kappa shape index (κ1) is 12.4. The van der Waals surface area contributed by atoms with Gasteiger partial charge < -0.3 is 5.32 Å². The van der Waals surface area contributed by atoms with Gasteiger partial charge >= 0.3 is 0 Å². The number of hydrogen-bond acceptors (Lipinski definition) is 6. The van der Waals surface area contributed by atoms with Crippen LogP contribution in [0.5, 0.6) is 0 Å². The van der Waals surface area contributed by atoms with E-state index in [1.807, 2.05) is 5.51 Å². The molecule has 1 N–H and O–H groups in total. The highest BCUT2D eigenvalue weighted by Gasteiger charge is 2.13. The van der Waals surface area contributed by atoms with Gasteiger partial charge in [0.2, 0.25) is 5.13 Å². The third-order valence-corrected chi connectivity index (χ3v) is 4.04. The average Bonchev–Trinajstić information content (AvgIpc) is 2.86. The van der Waals surface area contributed by atoms with Crippen molar-refractivity contribution in [2.75, 3.05) is 5.32 Å². The van der Waals surface area contributed by atoms with Gasteiger partial charge in [0.15, 0.2) is 5.01 Å². The van der Waals surface area contributed by atoms with Gasteiger partial charge in [-0.1, -0.05) is 24.7 Å². The molecule has 0 radical (unpaired) electrons. The Bertz CT molecular complexity index is 475. The van der Waals surface area contributed by atoms with Crippen molar-refractivity contribution in [1.82, 2.24) is 15.2 Å². The first-order chi connectivity index (χ1) is 8.20. The molecule has 0 atom stereocenters. The van der Waals surface area contributed by atoms with Crippen LogP contribution in [0.15, 0.2) is 5.51 Å². The van der Waals surface area contributed by atoms with E-state index in [1.54, 1.807) is 22.7 Å². The van der Waals surface area contributed by atoms with Gasteiger partial charge in [0.05, 0.1) is 16.1 Å². The van der Waals surface area contributed by atoms with Crippen LogP contribution in [-0.2, 0) is 6.42 Å². The summed E-state index contributed by atoms with van der Waals surface area (Å²) < 4.78 is 0. The van der Waals surface area contributed by atoms with E-state index >= 15 is 0 Å². The van der Waals surface area contributed by atoms with Crippen LogP contribution in [0.2, 0.25) is 0 Å². The van der Waals surface area contributed by atoms with Crippen LogP contribution in [0.4, 0.5) is 5.13 Å². The lowest BCUT2D eigenvalue weighted by Crippen LogP contribution is -2.08. The molecule has 0 saturated carbocycles. The largest absolute Gasteiger partial charge is 0.358 e. The molecule has 2 aromatic rings. The Labute approximate surface area is 109 Å². The summed E-state index contributed by atoms with van der Waals surface area (Å²) in [6, 6.07) is 0.382. The topological polar surface area (TPSA) is 50.7 Å². The van der Waals surface area contributed by atoms with Gasteiger partial charge in [0.25, 0.3) is 0 Å². The van der Waals surface area contributed by atoms with Crippen molar-refractivity contribution >= 4 is 27.8 Å². The molecule has 4 nitrogen and oxygen atoms in total. The minimum atomic E-state index is 0.382. The minimum absolute atomic E-state index is 0.382. The molecular formula is C11H16N4S2. The molecular weight excluding hydrogens is 252 g/mol. The number of aromatic nitrogens is 3. The molecule has 2 heterocycles. The molecule has 0 bridgehead atoms. The van der Waals surface area contributed by atoms with Crippen LogP contribution in [-0.4, -0.2) is 21.2 Å². The van der Waals surface area contributed by atoms with E-state index in [1.165, 1.54) is 4.88 Å². The number of hydrogen-bond donors (Lipinski definition) is 1. The number of nitrogens with zero attached hydrogens (tertiary/aromatic N) is 3. The molecule has 0 aliphatic rings. The summed E-state index contributed by atoms with van der Waals surface area (Å²) in [5, 5.41) is 13.5. The molecule has 0 aromatic carbocycles. The standard InChI is InChI=1S/C11H16N4S2/c1-4-5-8-9(16-6-12-8)10-14-15-11(17-10)13-7(2)3/h6-7H,4-5H2,1-3H3,(H,13,15). The first-order valence-corrected chi connectivity index (χ1v) is 7.43. The van der Waals surface area contributed by atoms with E-state index in [0.29, 0.717) is 6.04 Å². The van der Waals surface area contributed by atoms with Gasteiger partial charge in [-0.05, 0) is 20.3 Å². The molecule has 2 rings (SSSR count). The monoisotopic (exact) mass is 268 g/mol. The Balaban J connectivity index is 2.21. The molecule has 0 unspecified atom stereocenters. The fourth-order valence-electron chi connectivity index (χ4n) is 1.48. The molecule has 6 heteroatoms. The Morgan fingerprint density at radius 1 is 1.35 bits per heavy atom. The fraction of sp³-hybridized carbons (Fsp3) is 0.545. The van der Waals surface area contributed by atoms with Crippen LogP contribution in [0, 0.1) is 0 Å². The summed E-state index contributed by atoms with van der Waals surface area (Å²) >= 11 is 3.24. The van der Waals surface area contributed by atoms with Crippen LogP contribution in [0.3, 0.4) is 0 Å². The van der Waals surface area contributed by atoms with E-state index in [2.05, 4.69) is 41.3 Å². The number of anilines is 1. The lowest BCUT2D eigenvalue weighted by atomic mass is 10.2. The van der Waals surface area contributed by atoms with Crippen molar-refractivity contribution in [2.45, 2.75) is 39.7 Å². The number of thiazole rings is 1. The van der Waals surface area contributed by atoms with Crippen molar-refractivity contribution < 1.29 is 0 Å². The Morgan fingerprint density at radius 2 is 2.18 bits per heavy atom. The first-order valence-electron chi connectivity index (χ1n) is 5.73. The predicted octanol–water partition coefficient (Wildman–Crippen LogP) is 3.43. The maximum absolute atomic E-state index is 4.39. The Kier molecular flexibility index (Phi) is 4.06. The summed E-state index contributed by atoms with van der Waals surface area (Å²) in [7, 11) is 0.